The molecule has 138 valence electrons. The first-order valence-corrected chi connectivity index (χ1v) is 10.4. The van der Waals surface area contributed by atoms with Crippen molar-refractivity contribution >= 4 is 15.7 Å². The molecule has 0 saturated carbocycles. The van der Waals surface area contributed by atoms with Crippen molar-refractivity contribution in [2.75, 3.05) is 32.6 Å². The molecule has 3 heterocycles. The van der Waals surface area contributed by atoms with Gasteiger partial charge in [0.15, 0.2) is 9.84 Å². The number of aromatic nitrogens is 2. The second-order valence-corrected chi connectivity index (χ2v) is 8.68. The van der Waals surface area contributed by atoms with Gasteiger partial charge in [-0.1, -0.05) is 6.08 Å². The predicted octanol–water partition coefficient (Wildman–Crippen LogP) is 1.18. The van der Waals surface area contributed by atoms with Crippen LogP contribution in [0.15, 0.2) is 23.9 Å². The lowest BCUT2D eigenvalue weighted by Gasteiger charge is -2.32. The minimum Gasteiger partial charge on any atom is -0.383 e. The number of carbonyl (C=O) groups is 1. The molecule has 8 heteroatoms. The summed E-state index contributed by atoms with van der Waals surface area (Å²) in [7, 11) is -1.41. The van der Waals surface area contributed by atoms with E-state index in [1.165, 1.54) is 5.41 Å². The fourth-order valence-corrected chi connectivity index (χ4v) is 4.97. The molecule has 0 bridgehead atoms. The molecule has 1 saturated heterocycles. The fraction of sp³-hybridized carbons (Fsp3) is 0.647. The van der Waals surface area contributed by atoms with Crippen LogP contribution in [0.4, 0.5) is 0 Å². The summed E-state index contributed by atoms with van der Waals surface area (Å²) in [6.45, 7) is 2.83. The Hall–Kier alpha value is -1.67. The zero-order valence-electron chi connectivity index (χ0n) is 14.5. The summed E-state index contributed by atoms with van der Waals surface area (Å²) < 4.78 is 30.2. The molecule has 0 spiro atoms. The van der Waals surface area contributed by atoms with E-state index >= 15 is 0 Å². The Bertz CT molecular complexity index is 733. The van der Waals surface area contributed by atoms with Gasteiger partial charge in [0.2, 0.25) is 5.91 Å². The molecule has 2 aliphatic rings. The molecular weight excluding hydrogens is 342 g/mol. The maximum Gasteiger partial charge on any atom is 0.223 e. The van der Waals surface area contributed by atoms with Gasteiger partial charge in [-0.3, -0.25) is 4.79 Å². The molecule has 1 aromatic heterocycles. The number of rotatable bonds is 6. The molecule has 0 aliphatic carbocycles. The average Bonchev–Trinajstić information content (AvgIpc) is 3.19. The van der Waals surface area contributed by atoms with Crippen LogP contribution in [0, 0.1) is 5.92 Å². The monoisotopic (exact) mass is 367 g/mol. The van der Waals surface area contributed by atoms with Crippen molar-refractivity contribution in [1.82, 2.24) is 14.5 Å². The van der Waals surface area contributed by atoms with Crippen molar-refractivity contribution in [3.8, 4) is 0 Å². The summed E-state index contributed by atoms with van der Waals surface area (Å²) >= 11 is 0. The lowest BCUT2D eigenvalue weighted by molar-refractivity contribution is -0.132. The third-order valence-electron chi connectivity index (χ3n) is 4.94. The van der Waals surface area contributed by atoms with Crippen molar-refractivity contribution in [3.63, 3.8) is 0 Å². The first kappa shape index (κ1) is 18.1. The fourth-order valence-electron chi connectivity index (χ4n) is 3.57. The van der Waals surface area contributed by atoms with Crippen molar-refractivity contribution < 1.29 is 17.9 Å². The van der Waals surface area contributed by atoms with Crippen LogP contribution in [0.3, 0.4) is 0 Å². The van der Waals surface area contributed by atoms with Gasteiger partial charge in [-0.2, -0.15) is 0 Å². The van der Waals surface area contributed by atoms with Gasteiger partial charge < -0.3 is 14.2 Å². The van der Waals surface area contributed by atoms with E-state index in [2.05, 4.69) is 9.55 Å². The Labute approximate surface area is 148 Å². The molecule has 1 atom stereocenters. The molecule has 1 aromatic rings. The normalized spacial score (nSPS) is 23.2. The molecule has 0 aromatic carbocycles. The molecule has 2 aliphatic heterocycles. The van der Waals surface area contributed by atoms with Crippen LogP contribution in [-0.2, 0) is 25.9 Å². The summed E-state index contributed by atoms with van der Waals surface area (Å²) in [5.41, 5.74) is 0. The van der Waals surface area contributed by atoms with E-state index in [0.717, 1.165) is 25.2 Å². The number of nitrogens with zero attached hydrogens (tertiary/aromatic N) is 3. The topological polar surface area (TPSA) is 81.5 Å². The lowest BCUT2D eigenvalue weighted by Crippen LogP contribution is -2.39. The van der Waals surface area contributed by atoms with Crippen LogP contribution in [0.1, 0.15) is 31.0 Å². The number of allylic oxidation sites excluding steroid dienone is 1. The first-order chi connectivity index (χ1) is 12.0. The summed E-state index contributed by atoms with van der Waals surface area (Å²) in [6, 6.07) is 0. The number of sulfone groups is 1. The Morgan fingerprint density at radius 1 is 1.36 bits per heavy atom. The second kappa shape index (κ2) is 7.70. The molecule has 0 N–H and O–H groups in total. The number of amides is 1. The number of likely N-dealkylation sites (tertiary alicyclic amines) is 1. The van der Waals surface area contributed by atoms with E-state index in [0.29, 0.717) is 25.6 Å². The zero-order chi connectivity index (χ0) is 17.9. The standard InChI is InChI=1S/C17H25N3O4S/c1-24-10-9-20-8-5-18-17(20)15-2-6-19(7-3-15)16(21)12-14-4-11-25(22,23)13-14/h4-5,8,11,14-15H,2-3,6-7,9-10,12-13H2,1H3. The smallest absolute Gasteiger partial charge is 0.223 e. The first-order valence-electron chi connectivity index (χ1n) is 8.67. The number of hydrogen-bond donors (Lipinski definition) is 0. The van der Waals surface area contributed by atoms with Crippen LogP contribution in [0.2, 0.25) is 0 Å². The molecule has 1 unspecified atom stereocenters. The molecule has 1 amide bonds. The van der Waals surface area contributed by atoms with Crippen LogP contribution in [0.5, 0.6) is 0 Å². The van der Waals surface area contributed by atoms with Crippen molar-refractivity contribution in [2.24, 2.45) is 5.92 Å². The lowest BCUT2D eigenvalue weighted by atomic mass is 9.95. The van der Waals surface area contributed by atoms with Gasteiger partial charge in [0.1, 0.15) is 5.82 Å². The van der Waals surface area contributed by atoms with Crippen LogP contribution in [0.25, 0.3) is 0 Å². The van der Waals surface area contributed by atoms with Gasteiger partial charge in [-0.15, -0.1) is 0 Å². The van der Waals surface area contributed by atoms with Gasteiger partial charge in [-0.25, -0.2) is 13.4 Å². The predicted molar refractivity (Wildman–Crippen MR) is 93.7 cm³/mol. The van der Waals surface area contributed by atoms with E-state index < -0.39 is 9.84 Å². The highest BCUT2D eigenvalue weighted by Gasteiger charge is 2.29. The van der Waals surface area contributed by atoms with E-state index in [-0.39, 0.29) is 24.0 Å². The van der Waals surface area contributed by atoms with E-state index in [1.807, 2.05) is 17.3 Å². The molecule has 25 heavy (non-hydrogen) atoms. The number of imidazole rings is 1. The average molecular weight is 367 g/mol. The maximum absolute atomic E-state index is 12.4. The third-order valence-corrected chi connectivity index (χ3v) is 6.40. The number of methoxy groups -OCH3 is 1. The van der Waals surface area contributed by atoms with Crippen molar-refractivity contribution in [2.45, 2.75) is 31.7 Å². The zero-order valence-corrected chi connectivity index (χ0v) is 15.3. The molecule has 0 radical (unpaired) electrons. The van der Waals surface area contributed by atoms with Gasteiger partial charge in [-0.05, 0) is 12.8 Å². The van der Waals surface area contributed by atoms with Gasteiger partial charge in [0, 0.05) is 62.8 Å². The molecule has 7 nitrogen and oxygen atoms in total. The minimum atomic E-state index is -3.10. The number of carbonyl (C=O) groups excluding carboxylic acids is 1. The summed E-state index contributed by atoms with van der Waals surface area (Å²) in [5, 5.41) is 1.23. The second-order valence-electron chi connectivity index (χ2n) is 6.75. The number of ether oxygens (including phenoxy) is 1. The summed E-state index contributed by atoms with van der Waals surface area (Å²) in [5.74, 6) is 1.35. The van der Waals surface area contributed by atoms with E-state index in [9.17, 15) is 13.2 Å². The third kappa shape index (κ3) is 4.49. The number of hydrogen-bond acceptors (Lipinski definition) is 5. The van der Waals surface area contributed by atoms with E-state index in [1.54, 1.807) is 13.2 Å². The van der Waals surface area contributed by atoms with Crippen molar-refractivity contribution in [3.05, 3.63) is 29.7 Å². The molecular formula is C17H25N3O4S. The Morgan fingerprint density at radius 3 is 2.76 bits per heavy atom. The Morgan fingerprint density at radius 2 is 2.12 bits per heavy atom. The van der Waals surface area contributed by atoms with Crippen LogP contribution < -0.4 is 0 Å². The van der Waals surface area contributed by atoms with Crippen LogP contribution >= 0.6 is 0 Å². The molecule has 3 rings (SSSR count). The highest BCUT2D eigenvalue weighted by Crippen LogP contribution is 2.28. The van der Waals surface area contributed by atoms with Crippen LogP contribution in [-0.4, -0.2) is 61.3 Å². The Balaban J connectivity index is 1.51. The van der Waals surface area contributed by atoms with Gasteiger partial charge in [0.05, 0.1) is 12.4 Å². The van der Waals surface area contributed by atoms with Gasteiger partial charge in [0.25, 0.3) is 0 Å². The minimum absolute atomic E-state index is 0.0490. The Kier molecular flexibility index (Phi) is 5.58. The summed E-state index contributed by atoms with van der Waals surface area (Å²) in [6.07, 6.45) is 7.48. The van der Waals surface area contributed by atoms with E-state index in [4.69, 9.17) is 4.74 Å². The highest BCUT2D eigenvalue weighted by molar-refractivity contribution is 7.94. The van der Waals surface area contributed by atoms with Gasteiger partial charge >= 0.3 is 0 Å². The summed E-state index contributed by atoms with van der Waals surface area (Å²) in [4.78, 5) is 18.8. The van der Waals surface area contributed by atoms with Crippen molar-refractivity contribution in [1.29, 1.82) is 0 Å². The highest BCUT2D eigenvalue weighted by atomic mass is 32.2. The SMILES string of the molecule is COCCn1ccnc1C1CCN(C(=O)CC2C=CS(=O)(=O)C2)CC1. The molecule has 1 fully saturated rings. The quantitative estimate of drug-likeness (QED) is 0.754. The number of piperidine rings is 1. The largest absolute Gasteiger partial charge is 0.383 e. The maximum atomic E-state index is 12.4.